The van der Waals surface area contributed by atoms with Gasteiger partial charge < -0.3 is 9.72 Å². The summed E-state index contributed by atoms with van der Waals surface area (Å²) in [5.41, 5.74) is 1.28. The largest absolute Gasteiger partial charge is 0.456 e. The van der Waals surface area contributed by atoms with Crippen molar-refractivity contribution in [1.82, 2.24) is 24.9 Å². The number of imidazole rings is 1. The van der Waals surface area contributed by atoms with E-state index >= 15 is 0 Å². The fourth-order valence-electron chi connectivity index (χ4n) is 1.19. The van der Waals surface area contributed by atoms with Crippen LogP contribution in [0.25, 0.3) is 11.2 Å². The van der Waals surface area contributed by atoms with E-state index in [0.717, 1.165) is 10.5 Å². The first-order valence-electron chi connectivity index (χ1n) is 4.52. The van der Waals surface area contributed by atoms with Crippen molar-refractivity contribution in [2.75, 3.05) is 0 Å². The Kier molecular flexibility index (Phi) is 2.22. The summed E-state index contributed by atoms with van der Waals surface area (Å²) in [6, 6.07) is 0.295. The molecule has 0 aromatic carbocycles. The highest BCUT2D eigenvalue weighted by molar-refractivity contribution is 7.09. The molecule has 3 aromatic rings. The van der Waals surface area contributed by atoms with Crippen LogP contribution in [0.4, 0.5) is 0 Å². The quantitative estimate of drug-likeness (QED) is 0.734. The molecule has 1 N–H and O–H groups in total. The number of thiazole rings is 1. The average molecular weight is 232 g/mol. The first-order chi connectivity index (χ1) is 7.92. The number of aromatic nitrogens is 5. The Morgan fingerprint density at radius 3 is 3.31 bits per heavy atom. The van der Waals surface area contributed by atoms with Gasteiger partial charge in [-0.05, 0) is 0 Å². The van der Waals surface area contributed by atoms with Crippen LogP contribution < -0.4 is 4.74 Å². The average Bonchev–Trinajstić information content (AvgIpc) is 2.97. The number of hydrogen-bond acceptors (Lipinski definition) is 6. The van der Waals surface area contributed by atoms with E-state index in [0.29, 0.717) is 18.3 Å². The number of H-pyrrole nitrogens is 1. The van der Waals surface area contributed by atoms with Gasteiger partial charge in [-0.25, -0.2) is 15.0 Å². The molecule has 0 aliphatic heterocycles. The Hall–Kier alpha value is -2.02. The van der Waals surface area contributed by atoms with E-state index in [2.05, 4.69) is 31.2 Å². The van der Waals surface area contributed by atoms with E-state index in [1.807, 2.05) is 5.38 Å². The topological polar surface area (TPSA) is 76.6 Å². The summed E-state index contributed by atoms with van der Waals surface area (Å²) in [7, 11) is 0. The standard InChI is InChI=1S/C9H6N5OS/c1-2-16-7(10-1)4-15-9-11-3-6-8(14-9)13-5-12-6/h1-3H,4H2,(H,11,12,13,14). The number of ether oxygens (including phenoxy) is 1. The third-order valence-corrected chi connectivity index (χ3v) is 2.66. The lowest BCUT2D eigenvalue weighted by Gasteiger charge is -2.00. The second-order valence-electron chi connectivity index (χ2n) is 2.95. The van der Waals surface area contributed by atoms with Crippen molar-refractivity contribution in [3.05, 3.63) is 29.1 Å². The summed E-state index contributed by atoms with van der Waals surface area (Å²) in [5, 5.41) is 2.78. The lowest BCUT2D eigenvalue weighted by Crippen LogP contribution is -1.98. The molecule has 0 aliphatic rings. The second-order valence-corrected chi connectivity index (χ2v) is 3.93. The van der Waals surface area contributed by atoms with Gasteiger partial charge in [-0.15, -0.1) is 11.3 Å². The molecule has 6 nitrogen and oxygen atoms in total. The molecule has 0 aliphatic carbocycles. The van der Waals surface area contributed by atoms with E-state index in [1.165, 1.54) is 11.3 Å². The van der Waals surface area contributed by atoms with Crippen molar-refractivity contribution in [3.8, 4) is 6.01 Å². The van der Waals surface area contributed by atoms with Gasteiger partial charge >= 0.3 is 6.01 Å². The number of fused-ring (bicyclic) bond motifs is 1. The predicted molar refractivity (Wildman–Crippen MR) is 57.0 cm³/mol. The summed E-state index contributed by atoms with van der Waals surface area (Å²) in [6.45, 7) is 0.372. The Morgan fingerprint density at radius 1 is 1.44 bits per heavy atom. The molecule has 1 radical (unpaired) electrons. The molecule has 3 rings (SSSR count). The van der Waals surface area contributed by atoms with Crippen LogP contribution in [0.5, 0.6) is 6.01 Å². The minimum atomic E-state index is 0.295. The van der Waals surface area contributed by atoms with Crippen molar-refractivity contribution < 1.29 is 4.74 Å². The monoisotopic (exact) mass is 232 g/mol. The van der Waals surface area contributed by atoms with Crippen LogP contribution in [0.3, 0.4) is 0 Å². The number of nitrogens with one attached hydrogen (secondary N) is 1. The number of nitrogens with zero attached hydrogens (tertiary/aromatic N) is 4. The normalized spacial score (nSPS) is 10.8. The molecule has 0 amide bonds. The lowest BCUT2D eigenvalue weighted by atomic mass is 10.6. The van der Waals surface area contributed by atoms with E-state index in [-0.39, 0.29) is 0 Å². The molecule has 3 heterocycles. The maximum Gasteiger partial charge on any atom is 0.318 e. The van der Waals surface area contributed by atoms with Crippen LogP contribution >= 0.6 is 11.3 Å². The molecule has 16 heavy (non-hydrogen) atoms. The zero-order valence-electron chi connectivity index (χ0n) is 8.04. The third-order valence-electron chi connectivity index (χ3n) is 1.91. The van der Waals surface area contributed by atoms with E-state index in [4.69, 9.17) is 4.74 Å². The first kappa shape index (κ1) is 9.22. The van der Waals surface area contributed by atoms with Crippen molar-refractivity contribution in [2.24, 2.45) is 0 Å². The van der Waals surface area contributed by atoms with Crippen LogP contribution in [0.1, 0.15) is 5.01 Å². The highest BCUT2D eigenvalue weighted by Gasteiger charge is 2.04. The fourth-order valence-corrected chi connectivity index (χ4v) is 1.72. The van der Waals surface area contributed by atoms with Crippen LogP contribution in [-0.2, 0) is 6.61 Å². The van der Waals surface area contributed by atoms with Crippen molar-refractivity contribution in [1.29, 1.82) is 0 Å². The zero-order valence-corrected chi connectivity index (χ0v) is 8.86. The van der Waals surface area contributed by atoms with Gasteiger partial charge in [-0.2, -0.15) is 4.98 Å². The Morgan fingerprint density at radius 2 is 2.44 bits per heavy atom. The molecule has 3 aromatic heterocycles. The maximum atomic E-state index is 5.39. The first-order valence-corrected chi connectivity index (χ1v) is 5.40. The summed E-state index contributed by atoms with van der Waals surface area (Å²) in [6.07, 6.45) is 5.94. The highest BCUT2D eigenvalue weighted by atomic mass is 32.1. The van der Waals surface area contributed by atoms with E-state index < -0.39 is 0 Å². The van der Waals surface area contributed by atoms with Crippen LogP contribution in [-0.4, -0.2) is 24.9 Å². The molecule has 0 bridgehead atoms. The lowest BCUT2D eigenvalue weighted by molar-refractivity contribution is 0.281. The predicted octanol–water partition coefficient (Wildman–Crippen LogP) is 1.19. The molecule has 79 valence electrons. The molecule has 0 unspecified atom stereocenters. The van der Waals surface area contributed by atoms with Gasteiger partial charge in [-0.1, -0.05) is 0 Å². The van der Waals surface area contributed by atoms with Crippen LogP contribution in [0.15, 0.2) is 17.8 Å². The Bertz CT molecular complexity index is 591. The fraction of sp³-hybridized carbons (Fsp3) is 0.111. The van der Waals surface area contributed by atoms with Gasteiger partial charge in [0, 0.05) is 11.6 Å². The molecular formula is C9H6N5OS. The van der Waals surface area contributed by atoms with Gasteiger partial charge in [0.05, 0.1) is 6.20 Å². The second kappa shape index (κ2) is 3.86. The van der Waals surface area contributed by atoms with Gasteiger partial charge in [0.2, 0.25) is 0 Å². The number of rotatable bonds is 3. The molecule has 0 saturated carbocycles. The molecule has 0 fully saturated rings. The Balaban J connectivity index is 1.78. The summed E-state index contributed by atoms with van der Waals surface area (Å²) >= 11 is 1.53. The molecular weight excluding hydrogens is 226 g/mol. The molecule has 7 heteroatoms. The third kappa shape index (κ3) is 1.72. The van der Waals surface area contributed by atoms with Crippen LogP contribution in [0, 0.1) is 6.33 Å². The molecule has 0 atom stereocenters. The smallest absolute Gasteiger partial charge is 0.318 e. The molecule has 0 saturated heterocycles. The van der Waals surface area contributed by atoms with Gasteiger partial charge in [0.15, 0.2) is 12.0 Å². The van der Waals surface area contributed by atoms with Crippen molar-refractivity contribution in [3.63, 3.8) is 0 Å². The summed E-state index contributed by atoms with van der Waals surface area (Å²) in [4.78, 5) is 18.9. The minimum Gasteiger partial charge on any atom is -0.456 e. The van der Waals surface area contributed by atoms with Gasteiger partial charge in [0.1, 0.15) is 17.1 Å². The van der Waals surface area contributed by atoms with Gasteiger partial charge in [-0.3, -0.25) is 0 Å². The van der Waals surface area contributed by atoms with E-state index in [1.54, 1.807) is 12.4 Å². The Labute approximate surface area is 94.4 Å². The van der Waals surface area contributed by atoms with Crippen molar-refractivity contribution in [2.45, 2.75) is 6.61 Å². The molecule has 0 spiro atoms. The van der Waals surface area contributed by atoms with E-state index in [9.17, 15) is 0 Å². The maximum absolute atomic E-state index is 5.39. The summed E-state index contributed by atoms with van der Waals surface area (Å²) < 4.78 is 5.39. The van der Waals surface area contributed by atoms with Crippen molar-refractivity contribution >= 4 is 22.5 Å². The summed E-state index contributed by atoms with van der Waals surface area (Å²) in [5.74, 6) is 0. The number of hydrogen-bond donors (Lipinski definition) is 1. The zero-order chi connectivity index (χ0) is 10.8. The van der Waals surface area contributed by atoms with Crippen LogP contribution in [0.2, 0.25) is 0 Å². The SMILES string of the molecule is [c]1nc2nc(OCc3nccs3)ncc2[nH]1. The van der Waals surface area contributed by atoms with Gasteiger partial charge in [0.25, 0.3) is 0 Å². The number of aromatic amines is 1. The minimum absolute atomic E-state index is 0.295. The highest BCUT2D eigenvalue weighted by Crippen LogP contribution is 2.11.